The predicted molar refractivity (Wildman–Crippen MR) is 298 cm³/mol. The number of hydrogen-bond donors (Lipinski definition) is 0. The molecule has 6 nitrogen and oxygen atoms in total. The number of rotatable bonds is 8. The van der Waals surface area contributed by atoms with Gasteiger partial charge in [-0.2, -0.15) is 12.1 Å². The molecule has 0 saturated carbocycles. The van der Waals surface area contributed by atoms with Gasteiger partial charge in [0.2, 0.25) is 0 Å². The van der Waals surface area contributed by atoms with E-state index in [2.05, 4.69) is 197 Å². The second-order valence-electron chi connectivity index (χ2n) is 21.5. The number of hydrogen-bond acceptors (Lipinski definition) is 4. The van der Waals surface area contributed by atoms with E-state index < -0.39 is 23.5 Å². The molecule has 0 saturated heterocycles. The zero-order valence-electron chi connectivity index (χ0n) is 47.1. The molecule has 2 aliphatic rings. The van der Waals surface area contributed by atoms with Gasteiger partial charge in [-0.1, -0.05) is 42.5 Å². The summed E-state index contributed by atoms with van der Waals surface area (Å²) >= 11 is 2.35. The maximum atomic E-state index is 9.45. The first-order valence-corrected chi connectivity index (χ1v) is 25.9. The number of aromatic nitrogens is 3. The van der Waals surface area contributed by atoms with Gasteiger partial charge in [-0.15, -0.1) is 6.07 Å². The second-order valence-corrected chi connectivity index (χ2v) is 22.5. The first-order valence-electron chi connectivity index (χ1n) is 27.2. The normalized spacial score (nSPS) is 14.2. The number of ether oxygens (including phenoxy) is 1. The third-order valence-electron chi connectivity index (χ3n) is 15.1. The van der Waals surface area contributed by atoms with E-state index in [0.717, 1.165) is 60.0 Å². The fourth-order valence-electron chi connectivity index (χ4n) is 10.3. The Morgan fingerprint density at radius 1 is 0.589 bits per heavy atom. The molecule has 0 N–H and O–H groups in total. The van der Waals surface area contributed by atoms with Crippen LogP contribution in [0.25, 0.3) is 55.8 Å². The van der Waals surface area contributed by atoms with Gasteiger partial charge in [0.05, 0.1) is 0 Å². The summed E-state index contributed by atoms with van der Waals surface area (Å²) < 4.78 is 57.3. The van der Waals surface area contributed by atoms with Crippen LogP contribution >= 0.6 is 0 Å². The van der Waals surface area contributed by atoms with Gasteiger partial charge >= 0.3 is 367 Å². The van der Waals surface area contributed by atoms with Crippen LogP contribution in [0.5, 0.6) is 11.6 Å². The summed E-state index contributed by atoms with van der Waals surface area (Å²) in [6, 6.07) is 61.5. The van der Waals surface area contributed by atoms with Crippen LogP contribution in [0.3, 0.4) is 0 Å². The zero-order chi connectivity index (χ0) is 54.7. The summed E-state index contributed by atoms with van der Waals surface area (Å²) in [6.07, 6.45) is 0. The second kappa shape index (κ2) is 17.6. The zero-order valence-corrected chi connectivity index (χ0v) is 44.4. The fraction of sp³-hybridized carbons (Fsp3) is 0.169. The van der Waals surface area contributed by atoms with Crippen LogP contribution in [0.4, 0.5) is 22.9 Å². The molecule has 0 atom stereocenters. The molecule has 0 bridgehead atoms. The number of fused-ring (bicyclic) bond motifs is 9. The molecule has 2 aliphatic heterocycles. The average Bonchev–Trinajstić information content (AvgIpc) is 3.97. The Balaban J connectivity index is 1.04. The molecule has 2 aromatic heterocycles. The van der Waals surface area contributed by atoms with Gasteiger partial charge in [0, 0.05) is 11.3 Å². The van der Waals surface area contributed by atoms with Gasteiger partial charge in [-0.3, -0.25) is 0 Å². The van der Waals surface area contributed by atoms with Gasteiger partial charge in [0.15, 0.2) is 0 Å². The third-order valence-corrected chi connectivity index (χ3v) is 16.1. The molecule has 12 rings (SSSR count). The van der Waals surface area contributed by atoms with E-state index in [4.69, 9.17) is 13.8 Å². The van der Waals surface area contributed by atoms with Crippen molar-refractivity contribution in [2.75, 3.05) is 9.62 Å². The molecule has 0 spiro atoms. The molecule has 73 heavy (non-hydrogen) atoms. The molecule has 4 heterocycles. The number of imidazole rings is 1. The van der Waals surface area contributed by atoms with Crippen LogP contribution in [0.1, 0.15) is 73.4 Å². The van der Waals surface area contributed by atoms with Crippen molar-refractivity contribution in [2.45, 2.75) is 66.2 Å². The summed E-state index contributed by atoms with van der Waals surface area (Å²) in [5.41, 5.74) is 13.2. The third kappa shape index (κ3) is 7.83. The standard InChI is InChI=1S/C65H56BN5O.Pt/c1-63(2,3)46-40-60(71-59-37-22-21-36-58(59)70-55-33-18-16-31-51(55)50-30-15-17-32-54(50)66(70)71)67-61(41-46)72-49-29-23-28-48(42-49)68-43-69(57-35-20-19-34-56(57)68)62-52(44-24-11-9-12-25-44)38-47(65(7,8)64(4,5)6)39-53(62)45-26-13-10-14-27-45;/h9-36,38-41H,1-8H3;/q-2;/i9D,11D,12D,24D,25D;. The van der Waals surface area contributed by atoms with E-state index >= 15 is 0 Å². The minimum atomic E-state index is -0.439. The number of pyridine rings is 1. The quantitative estimate of drug-likeness (QED) is 0.112. The number of para-hydroxylation sites is 4. The number of anilines is 4. The molecule has 8 heteroatoms. The van der Waals surface area contributed by atoms with Crippen molar-refractivity contribution in [1.82, 2.24) is 14.1 Å². The van der Waals surface area contributed by atoms with Crippen LogP contribution in [0, 0.1) is 21.4 Å². The van der Waals surface area contributed by atoms with E-state index in [0.29, 0.717) is 28.6 Å². The first-order chi connectivity index (χ1) is 37.2. The Hall–Kier alpha value is -7.47. The summed E-state index contributed by atoms with van der Waals surface area (Å²) in [5, 5.41) is 0. The van der Waals surface area contributed by atoms with E-state index in [1.807, 2.05) is 72.8 Å². The van der Waals surface area contributed by atoms with E-state index in [-0.39, 0.29) is 35.5 Å². The number of nitrogens with zero attached hydrogens (tertiary/aromatic N) is 5. The van der Waals surface area contributed by atoms with Crippen LogP contribution in [-0.2, 0) is 30.2 Å². The maximum absolute atomic E-state index is 9.45. The van der Waals surface area contributed by atoms with Gasteiger partial charge in [0.25, 0.3) is 0 Å². The van der Waals surface area contributed by atoms with Crippen LogP contribution in [0.15, 0.2) is 194 Å². The molecule has 10 aromatic rings. The predicted octanol–water partition coefficient (Wildman–Crippen LogP) is 15.9. The van der Waals surface area contributed by atoms with Crippen molar-refractivity contribution < 1.29 is 30.9 Å². The molecule has 0 fully saturated rings. The van der Waals surface area contributed by atoms with Crippen molar-refractivity contribution in [3.63, 3.8) is 0 Å². The SMILES string of the molecule is [2H]c1c([2H])c([2H])c(-c2cc(C(C)(C)C(C)(C)C)cc(-c3ccccc3)c2-n2[c](=[Pt])n(-c3[c-]c(Oc4cc(C(C)(C)C)cc(N5B6c7ccccc7-c7ccccc7N6c6ccc[c-]c65)n4)ccc3)c3ccccc32)c([2H])c1[2H]. The number of benzene rings is 8. The van der Waals surface area contributed by atoms with Gasteiger partial charge < -0.3 is 0 Å². The van der Waals surface area contributed by atoms with Crippen molar-refractivity contribution >= 4 is 46.4 Å². The van der Waals surface area contributed by atoms with Crippen LogP contribution in [0.2, 0.25) is 0 Å². The molecule has 0 unspecified atom stereocenters. The van der Waals surface area contributed by atoms with Gasteiger partial charge in [-0.25, -0.2) is 0 Å². The molecular formula is C65H56BN5OPt-2. The van der Waals surface area contributed by atoms with Crippen molar-refractivity contribution in [3.05, 3.63) is 221 Å². The molecule has 0 radical (unpaired) electrons. The van der Waals surface area contributed by atoms with Crippen LogP contribution < -0.4 is 19.8 Å². The Morgan fingerprint density at radius 2 is 1.25 bits per heavy atom. The minimum absolute atomic E-state index is 0.131. The van der Waals surface area contributed by atoms with Crippen molar-refractivity contribution in [3.8, 4) is 56.4 Å². The molecule has 0 aliphatic carbocycles. The van der Waals surface area contributed by atoms with E-state index in [1.54, 1.807) is 0 Å². The molecule has 8 aromatic carbocycles. The van der Waals surface area contributed by atoms with Crippen molar-refractivity contribution in [1.29, 1.82) is 0 Å². The van der Waals surface area contributed by atoms with Gasteiger partial charge in [-0.05, 0) is 11.6 Å². The fourth-order valence-corrected chi connectivity index (χ4v) is 11.4. The first kappa shape index (κ1) is 41.1. The summed E-state index contributed by atoms with van der Waals surface area (Å²) in [4.78, 5) is 10.1. The monoisotopic (exact) mass is 1130 g/mol. The van der Waals surface area contributed by atoms with Crippen molar-refractivity contribution in [2.24, 2.45) is 5.41 Å². The molecule has 362 valence electrons. The van der Waals surface area contributed by atoms with Gasteiger partial charge in [0.1, 0.15) is 0 Å². The molecule has 0 amide bonds. The summed E-state index contributed by atoms with van der Waals surface area (Å²) in [6.45, 7) is 17.4. The Kier molecular flexibility index (Phi) is 9.92. The van der Waals surface area contributed by atoms with E-state index in [1.165, 1.54) is 16.6 Å². The molecular weight excluding hydrogens is 1070 g/mol. The average molecular weight is 1130 g/mol. The summed E-state index contributed by atoms with van der Waals surface area (Å²) in [7, 11) is 0. The topological polar surface area (TPSA) is 38.5 Å². The summed E-state index contributed by atoms with van der Waals surface area (Å²) in [5.74, 6) is 1.61. The Labute approximate surface area is 447 Å². The van der Waals surface area contributed by atoms with Crippen LogP contribution in [-0.4, -0.2) is 21.1 Å². The Morgan fingerprint density at radius 3 is 1.99 bits per heavy atom. The van der Waals surface area contributed by atoms with E-state index in [9.17, 15) is 2.74 Å². The Bertz CT molecular complexity index is 4110.